The number of hydrogen-bond acceptors (Lipinski definition) is 3. The number of hydrogen-bond donors (Lipinski definition) is 0. The maximum absolute atomic E-state index is 13.2. The average molecular weight is 404 g/mol. The fourth-order valence-electron chi connectivity index (χ4n) is 3.24. The quantitative estimate of drug-likeness (QED) is 0.435. The summed E-state index contributed by atoms with van der Waals surface area (Å²) in [6.07, 6.45) is 2.00. The first kappa shape index (κ1) is 21.4. The van der Waals surface area contributed by atoms with Gasteiger partial charge in [0.05, 0.1) is 7.11 Å². The van der Waals surface area contributed by atoms with E-state index in [4.69, 9.17) is 9.47 Å². The molecule has 0 aromatic heterocycles. The van der Waals surface area contributed by atoms with Gasteiger partial charge < -0.3 is 14.4 Å². The van der Waals surface area contributed by atoms with Crippen molar-refractivity contribution in [2.24, 2.45) is 0 Å². The smallest absolute Gasteiger partial charge is 0.254 e. The highest BCUT2D eigenvalue weighted by atomic mass is 16.5. The van der Waals surface area contributed by atoms with Crippen LogP contribution in [0.3, 0.4) is 0 Å². The predicted molar refractivity (Wildman–Crippen MR) is 120 cm³/mol. The van der Waals surface area contributed by atoms with Crippen LogP contribution >= 0.6 is 0 Å². The summed E-state index contributed by atoms with van der Waals surface area (Å²) >= 11 is 0. The standard InChI is InChI=1S/C26H29NO3/c1-3-4-17-27(19-21-11-7-5-8-12-21)26(28)23-15-16-24(25(18-23)29-2)30-20-22-13-9-6-10-14-22/h5-16,18H,3-4,17,19-20H2,1-2H3. The lowest BCUT2D eigenvalue weighted by Crippen LogP contribution is -2.31. The van der Waals surface area contributed by atoms with Gasteiger partial charge in [-0.3, -0.25) is 4.79 Å². The van der Waals surface area contributed by atoms with E-state index in [0.717, 1.165) is 30.5 Å². The number of methoxy groups -OCH3 is 1. The zero-order chi connectivity index (χ0) is 21.2. The Morgan fingerprint density at radius 3 is 2.17 bits per heavy atom. The molecule has 0 aliphatic carbocycles. The van der Waals surface area contributed by atoms with Gasteiger partial charge in [-0.2, -0.15) is 0 Å². The van der Waals surface area contributed by atoms with Crippen LogP contribution in [0.5, 0.6) is 11.5 Å². The van der Waals surface area contributed by atoms with Gasteiger partial charge in [0.25, 0.3) is 5.91 Å². The van der Waals surface area contributed by atoms with E-state index in [-0.39, 0.29) is 5.91 Å². The van der Waals surface area contributed by atoms with E-state index >= 15 is 0 Å². The fraction of sp³-hybridized carbons (Fsp3) is 0.269. The minimum atomic E-state index is 0.000197. The molecule has 0 unspecified atom stereocenters. The number of amides is 1. The third-order valence-corrected chi connectivity index (χ3v) is 4.93. The maximum atomic E-state index is 13.2. The number of ether oxygens (including phenoxy) is 2. The second kappa shape index (κ2) is 11.1. The molecule has 156 valence electrons. The topological polar surface area (TPSA) is 38.8 Å². The highest BCUT2D eigenvalue weighted by molar-refractivity contribution is 5.95. The minimum absolute atomic E-state index is 0.000197. The molecule has 0 spiro atoms. The molecule has 0 atom stereocenters. The van der Waals surface area contributed by atoms with E-state index in [1.165, 1.54) is 0 Å². The van der Waals surface area contributed by atoms with Crippen molar-refractivity contribution in [3.8, 4) is 11.5 Å². The van der Waals surface area contributed by atoms with Crippen LogP contribution in [0, 0.1) is 0 Å². The van der Waals surface area contributed by atoms with E-state index in [1.807, 2.05) is 77.7 Å². The number of benzene rings is 3. The van der Waals surface area contributed by atoms with Gasteiger partial charge in [-0.1, -0.05) is 74.0 Å². The van der Waals surface area contributed by atoms with E-state index < -0.39 is 0 Å². The van der Waals surface area contributed by atoms with Gasteiger partial charge in [-0.05, 0) is 35.7 Å². The first-order valence-corrected chi connectivity index (χ1v) is 10.4. The number of carbonyl (C=O) groups is 1. The maximum Gasteiger partial charge on any atom is 0.254 e. The molecule has 0 bridgehead atoms. The van der Waals surface area contributed by atoms with E-state index in [1.54, 1.807) is 13.2 Å². The molecule has 4 heteroatoms. The molecule has 0 fully saturated rings. The fourth-order valence-corrected chi connectivity index (χ4v) is 3.24. The van der Waals surface area contributed by atoms with Crippen LogP contribution in [0.4, 0.5) is 0 Å². The largest absolute Gasteiger partial charge is 0.493 e. The van der Waals surface area contributed by atoms with Crippen LogP contribution in [0.25, 0.3) is 0 Å². The third kappa shape index (κ3) is 5.86. The van der Waals surface area contributed by atoms with Gasteiger partial charge >= 0.3 is 0 Å². The van der Waals surface area contributed by atoms with Crippen molar-refractivity contribution in [1.29, 1.82) is 0 Å². The highest BCUT2D eigenvalue weighted by Gasteiger charge is 2.18. The third-order valence-electron chi connectivity index (χ3n) is 4.93. The lowest BCUT2D eigenvalue weighted by molar-refractivity contribution is 0.0740. The Hall–Kier alpha value is -3.27. The van der Waals surface area contributed by atoms with Crippen LogP contribution in [0.2, 0.25) is 0 Å². The molecular weight excluding hydrogens is 374 g/mol. The van der Waals surface area contributed by atoms with Crippen molar-refractivity contribution in [1.82, 2.24) is 4.90 Å². The Morgan fingerprint density at radius 1 is 0.867 bits per heavy atom. The van der Waals surface area contributed by atoms with Gasteiger partial charge in [0.2, 0.25) is 0 Å². The molecule has 4 nitrogen and oxygen atoms in total. The van der Waals surface area contributed by atoms with Crippen molar-refractivity contribution in [3.05, 3.63) is 95.6 Å². The molecule has 0 saturated carbocycles. The summed E-state index contributed by atoms with van der Waals surface area (Å²) in [6.45, 7) is 3.89. The summed E-state index contributed by atoms with van der Waals surface area (Å²) in [5.41, 5.74) is 2.80. The lowest BCUT2D eigenvalue weighted by Gasteiger charge is -2.23. The second-order valence-corrected chi connectivity index (χ2v) is 7.21. The zero-order valence-electron chi connectivity index (χ0n) is 17.7. The molecule has 0 aliphatic rings. The zero-order valence-corrected chi connectivity index (χ0v) is 17.7. The minimum Gasteiger partial charge on any atom is -0.493 e. The van der Waals surface area contributed by atoms with Crippen LogP contribution < -0.4 is 9.47 Å². The van der Waals surface area contributed by atoms with E-state index in [2.05, 4.69) is 6.92 Å². The predicted octanol–water partition coefficient (Wildman–Crippen LogP) is 5.72. The number of nitrogens with zero attached hydrogens (tertiary/aromatic N) is 1. The Kier molecular flexibility index (Phi) is 7.90. The van der Waals surface area contributed by atoms with Gasteiger partial charge in [0.1, 0.15) is 6.61 Å². The summed E-state index contributed by atoms with van der Waals surface area (Å²) in [6, 6.07) is 25.5. The van der Waals surface area contributed by atoms with Crippen molar-refractivity contribution >= 4 is 5.91 Å². The molecule has 0 heterocycles. The number of rotatable bonds is 10. The summed E-state index contributed by atoms with van der Waals surface area (Å²) in [5.74, 6) is 1.19. The summed E-state index contributed by atoms with van der Waals surface area (Å²) < 4.78 is 11.4. The molecule has 3 aromatic rings. The van der Waals surface area contributed by atoms with Crippen molar-refractivity contribution < 1.29 is 14.3 Å². The lowest BCUT2D eigenvalue weighted by atomic mass is 10.1. The van der Waals surface area contributed by atoms with Crippen LogP contribution in [0.1, 0.15) is 41.3 Å². The van der Waals surface area contributed by atoms with Crippen LogP contribution in [-0.2, 0) is 13.2 Å². The van der Waals surface area contributed by atoms with Crippen LogP contribution in [0.15, 0.2) is 78.9 Å². The molecule has 3 aromatic carbocycles. The monoisotopic (exact) mass is 403 g/mol. The summed E-state index contributed by atoms with van der Waals surface area (Å²) in [5, 5.41) is 0. The molecule has 1 amide bonds. The molecule has 3 rings (SSSR count). The van der Waals surface area contributed by atoms with Crippen molar-refractivity contribution in [2.75, 3.05) is 13.7 Å². The SMILES string of the molecule is CCCCN(Cc1ccccc1)C(=O)c1ccc(OCc2ccccc2)c(OC)c1. The first-order chi connectivity index (χ1) is 14.7. The Balaban J connectivity index is 1.75. The molecule has 0 radical (unpaired) electrons. The Labute approximate surface area is 179 Å². The Morgan fingerprint density at radius 2 is 1.53 bits per heavy atom. The van der Waals surface area contributed by atoms with Crippen LogP contribution in [-0.4, -0.2) is 24.5 Å². The molecular formula is C26H29NO3. The molecule has 0 saturated heterocycles. The number of carbonyl (C=O) groups excluding carboxylic acids is 1. The van der Waals surface area contributed by atoms with Crippen molar-refractivity contribution in [2.45, 2.75) is 32.9 Å². The number of unbranched alkanes of at least 4 members (excludes halogenated alkanes) is 1. The molecule has 0 aliphatic heterocycles. The first-order valence-electron chi connectivity index (χ1n) is 10.4. The van der Waals surface area contributed by atoms with Gasteiger partial charge in [-0.25, -0.2) is 0 Å². The summed E-state index contributed by atoms with van der Waals surface area (Å²) in [7, 11) is 1.60. The normalized spacial score (nSPS) is 10.5. The van der Waals surface area contributed by atoms with Gasteiger partial charge in [0.15, 0.2) is 11.5 Å². The highest BCUT2D eigenvalue weighted by Crippen LogP contribution is 2.29. The second-order valence-electron chi connectivity index (χ2n) is 7.21. The van der Waals surface area contributed by atoms with Gasteiger partial charge in [0, 0.05) is 18.7 Å². The van der Waals surface area contributed by atoms with Crippen molar-refractivity contribution in [3.63, 3.8) is 0 Å². The van der Waals surface area contributed by atoms with E-state index in [9.17, 15) is 4.79 Å². The van der Waals surface area contributed by atoms with E-state index in [0.29, 0.717) is 30.2 Å². The Bertz CT molecular complexity index is 926. The van der Waals surface area contributed by atoms with Gasteiger partial charge in [-0.15, -0.1) is 0 Å². The average Bonchev–Trinajstić information content (AvgIpc) is 2.81. The molecule has 30 heavy (non-hydrogen) atoms. The summed E-state index contributed by atoms with van der Waals surface area (Å²) in [4.78, 5) is 15.1. The molecule has 0 N–H and O–H groups in total.